The number of nitro groups is 1. The van der Waals surface area contributed by atoms with E-state index >= 15 is 0 Å². The molecule has 0 unspecified atom stereocenters. The van der Waals surface area contributed by atoms with Crippen LogP contribution in [0.4, 0.5) is 11.4 Å². The second-order valence-corrected chi connectivity index (χ2v) is 6.02. The largest absolute Gasteiger partial charge is 0.482 e. The van der Waals surface area contributed by atoms with Gasteiger partial charge in [-0.05, 0) is 38.0 Å². The number of ether oxygens (including phenoxy) is 2. The SMILES string of the molecule is Cc1ccc(OCC(=O)OCC(=O)Nc2cc([N+](=O)[O-])ccc2C)c(C)c1. The number of rotatable bonds is 7. The molecule has 1 amide bonds. The smallest absolute Gasteiger partial charge is 0.344 e. The molecule has 0 atom stereocenters. The number of non-ortho nitro benzene ring substituents is 1. The number of hydrogen-bond acceptors (Lipinski definition) is 6. The number of benzene rings is 2. The van der Waals surface area contributed by atoms with Crippen LogP contribution in [0.5, 0.6) is 5.75 Å². The van der Waals surface area contributed by atoms with Gasteiger partial charge in [0, 0.05) is 12.1 Å². The highest BCUT2D eigenvalue weighted by atomic mass is 16.6. The van der Waals surface area contributed by atoms with E-state index in [1.54, 1.807) is 13.0 Å². The molecule has 0 aromatic heterocycles. The van der Waals surface area contributed by atoms with Gasteiger partial charge < -0.3 is 14.8 Å². The lowest BCUT2D eigenvalue weighted by atomic mass is 10.1. The fourth-order valence-electron chi connectivity index (χ4n) is 2.33. The number of esters is 1. The standard InChI is InChI=1S/C19H20N2O6/c1-12-4-7-17(14(3)8-12)26-11-19(23)27-10-18(22)20-16-9-15(21(24)25)6-5-13(16)2/h4-9H,10-11H2,1-3H3,(H,20,22). The fraction of sp³-hybridized carbons (Fsp3) is 0.263. The Labute approximate surface area is 156 Å². The number of amides is 1. The van der Waals surface area contributed by atoms with Crippen molar-refractivity contribution in [2.75, 3.05) is 18.5 Å². The summed E-state index contributed by atoms with van der Waals surface area (Å²) in [5, 5.41) is 13.3. The zero-order valence-corrected chi connectivity index (χ0v) is 15.3. The zero-order chi connectivity index (χ0) is 20.0. The molecule has 0 spiro atoms. The lowest BCUT2D eigenvalue weighted by Crippen LogP contribution is -2.24. The Morgan fingerprint density at radius 3 is 2.44 bits per heavy atom. The Morgan fingerprint density at radius 1 is 1.04 bits per heavy atom. The van der Waals surface area contributed by atoms with E-state index in [1.807, 2.05) is 26.0 Å². The van der Waals surface area contributed by atoms with E-state index in [2.05, 4.69) is 5.32 Å². The molecule has 2 rings (SSSR count). The number of nitro benzene ring substituents is 1. The first kappa shape index (κ1) is 19.9. The molecule has 27 heavy (non-hydrogen) atoms. The van der Waals surface area contributed by atoms with Gasteiger partial charge in [0.1, 0.15) is 5.75 Å². The Balaban J connectivity index is 1.84. The van der Waals surface area contributed by atoms with Crippen LogP contribution in [0.3, 0.4) is 0 Å². The minimum absolute atomic E-state index is 0.144. The Hall–Kier alpha value is -3.42. The topological polar surface area (TPSA) is 108 Å². The van der Waals surface area contributed by atoms with Crippen molar-refractivity contribution < 1.29 is 24.0 Å². The Morgan fingerprint density at radius 2 is 1.78 bits per heavy atom. The molecule has 0 radical (unpaired) electrons. The lowest BCUT2D eigenvalue weighted by Gasteiger charge is -2.11. The maximum Gasteiger partial charge on any atom is 0.344 e. The minimum Gasteiger partial charge on any atom is -0.482 e. The van der Waals surface area contributed by atoms with Gasteiger partial charge in [-0.3, -0.25) is 14.9 Å². The second-order valence-electron chi connectivity index (χ2n) is 6.02. The van der Waals surface area contributed by atoms with Crippen LogP contribution in [-0.4, -0.2) is 30.0 Å². The molecule has 0 aliphatic carbocycles. The number of nitrogens with zero attached hydrogens (tertiary/aromatic N) is 1. The van der Waals surface area contributed by atoms with E-state index in [0.29, 0.717) is 11.3 Å². The predicted octanol–water partition coefficient (Wildman–Crippen LogP) is 3.08. The molecule has 2 aromatic carbocycles. The zero-order valence-electron chi connectivity index (χ0n) is 15.3. The first-order valence-corrected chi connectivity index (χ1v) is 8.17. The summed E-state index contributed by atoms with van der Waals surface area (Å²) in [6.07, 6.45) is 0. The molecule has 8 heteroatoms. The summed E-state index contributed by atoms with van der Waals surface area (Å²) in [6.45, 7) is 4.67. The molecule has 142 valence electrons. The van der Waals surface area contributed by atoms with Gasteiger partial charge >= 0.3 is 5.97 Å². The molecule has 0 heterocycles. The molecule has 0 fully saturated rings. The average molecular weight is 372 g/mol. The fourth-order valence-corrected chi connectivity index (χ4v) is 2.33. The first-order chi connectivity index (χ1) is 12.8. The molecule has 0 aliphatic rings. The molecule has 0 saturated carbocycles. The van der Waals surface area contributed by atoms with Crippen LogP contribution in [0.2, 0.25) is 0 Å². The van der Waals surface area contributed by atoms with Crippen LogP contribution >= 0.6 is 0 Å². The van der Waals surface area contributed by atoms with E-state index in [0.717, 1.165) is 11.1 Å². The summed E-state index contributed by atoms with van der Waals surface area (Å²) in [5.74, 6) is -0.728. The molecule has 0 bridgehead atoms. The summed E-state index contributed by atoms with van der Waals surface area (Å²) in [7, 11) is 0. The van der Waals surface area contributed by atoms with Gasteiger partial charge in [-0.2, -0.15) is 0 Å². The van der Waals surface area contributed by atoms with E-state index in [-0.39, 0.29) is 18.0 Å². The van der Waals surface area contributed by atoms with Crippen LogP contribution in [0.1, 0.15) is 16.7 Å². The summed E-state index contributed by atoms with van der Waals surface area (Å²) in [6, 6.07) is 9.67. The quantitative estimate of drug-likeness (QED) is 0.455. The number of aryl methyl sites for hydroxylation is 3. The normalized spacial score (nSPS) is 10.2. The third-order valence-corrected chi connectivity index (χ3v) is 3.75. The van der Waals surface area contributed by atoms with Gasteiger partial charge in [-0.15, -0.1) is 0 Å². The van der Waals surface area contributed by atoms with Crippen molar-refractivity contribution in [3.8, 4) is 5.75 Å². The van der Waals surface area contributed by atoms with E-state index in [4.69, 9.17) is 9.47 Å². The summed E-state index contributed by atoms with van der Waals surface area (Å²) >= 11 is 0. The van der Waals surface area contributed by atoms with Crippen molar-refractivity contribution in [3.05, 3.63) is 63.2 Å². The summed E-state index contributed by atoms with van der Waals surface area (Å²) in [4.78, 5) is 33.9. The van der Waals surface area contributed by atoms with Crippen molar-refractivity contribution in [2.45, 2.75) is 20.8 Å². The van der Waals surface area contributed by atoms with Crippen LogP contribution in [0.15, 0.2) is 36.4 Å². The van der Waals surface area contributed by atoms with Gasteiger partial charge in [0.15, 0.2) is 13.2 Å². The van der Waals surface area contributed by atoms with Crippen LogP contribution in [-0.2, 0) is 14.3 Å². The predicted molar refractivity (Wildman–Crippen MR) is 98.8 cm³/mol. The third-order valence-electron chi connectivity index (χ3n) is 3.75. The molecule has 2 aromatic rings. The summed E-state index contributed by atoms with van der Waals surface area (Å²) in [5.41, 5.74) is 2.77. The minimum atomic E-state index is -0.694. The lowest BCUT2D eigenvalue weighted by molar-refractivity contribution is -0.384. The third kappa shape index (κ3) is 5.81. The van der Waals surface area contributed by atoms with Crippen LogP contribution < -0.4 is 10.1 Å². The van der Waals surface area contributed by atoms with Crippen molar-refractivity contribution in [1.29, 1.82) is 0 Å². The Kier molecular flexibility index (Phi) is 6.48. The first-order valence-electron chi connectivity index (χ1n) is 8.17. The van der Waals surface area contributed by atoms with Gasteiger partial charge in [0.2, 0.25) is 0 Å². The second kappa shape index (κ2) is 8.79. The highest BCUT2D eigenvalue weighted by Crippen LogP contribution is 2.22. The number of carbonyl (C=O) groups excluding carboxylic acids is 2. The number of anilines is 1. The van der Waals surface area contributed by atoms with Gasteiger partial charge in [0.25, 0.3) is 11.6 Å². The molecule has 1 N–H and O–H groups in total. The Bertz CT molecular complexity index is 878. The van der Waals surface area contributed by atoms with Crippen molar-refractivity contribution in [1.82, 2.24) is 0 Å². The highest BCUT2D eigenvalue weighted by Gasteiger charge is 2.13. The van der Waals surface area contributed by atoms with Crippen LogP contribution in [0.25, 0.3) is 0 Å². The number of carbonyl (C=O) groups is 2. The monoisotopic (exact) mass is 372 g/mol. The van der Waals surface area contributed by atoms with E-state index < -0.39 is 23.4 Å². The number of hydrogen-bond donors (Lipinski definition) is 1. The molecule has 8 nitrogen and oxygen atoms in total. The maximum absolute atomic E-state index is 11.9. The van der Waals surface area contributed by atoms with Crippen LogP contribution in [0, 0.1) is 30.9 Å². The number of nitrogens with one attached hydrogen (secondary N) is 1. The molecular formula is C19H20N2O6. The van der Waals surface area contributed by atoms with Crippen molar-refractivity contribution >= 4 is 23.3 Å². The average Bonchev–Trinajstić information content (AvgIpc) is 2.61. The molecule has 0 aliphatic heterocycles. The van der Waals surface area contributed by atoms with Crippen molar-refractivity contribution in [3.63, 3.8) is 0 Å². The molecule has 0 saturated heterocycles. The molecular weight excluding hydrogens is 352 g/mol. The summed E-state index contributed by atoms with van der Waals surface area (Å²) < 4.78 is 10.3. The van der Waals surface area contributed by atoms with Gasteiger partial charge in [-0.1, -0.05) is 23.8 Å². The van der Waals surface area contributed by atoms with Gasteiger partial charge in [0.05, 0.1) is 10.6 Å². The van der Waals surface area contributed by atoms with E-state index in [9.17, 15) is 19.7 Å². The maximum atomic E-state index is 11.9. The highest BCUT2D eigenvalue weighted by molar-refractivity contribution is 5.93. The van der Waals surface area contributed by atoms with Gasteiger partial charge in [-0.25, -0.2) is 4.79 Å². The van der Waals surface area contributed by atoms with Crippen molar-refractivity contribution in [2.24, 2.45) is 0 Å². The van der Waals surface area contributed by atoms with E-state index in [1.165, 1.54) is 18.2 Å².